The van der Waals surface area contributed by atoms with Crippen molar-refractivity contribution < 1.29 is 9.90 Å². The summed E-state index contributed by atoms with van der Waals surface area (Å²) in [6.07, 6.45) is 2.44. The maximum Gasteiger partial charge on any atom is 0.320 e. The molecule has 4 nitrogen and oxygen atoms in total. The van der Waals surface area contributed by atoms with E-state index in [2.05, 4.69) is 0 Å². The second-order valence-corrected chi connectivity index (χ2v) is 7.85. The number of hydrogen-bond donors (Lipinski definition) is 1. The van der Waals surface area contributed by atoms with Gasteiger partial charge in [0.15, 0.2) is 0 Å². The number of piperidine rings is 1. The molecule has 1 fully saturated rings. The smallest absolute Gasteiger partial charge is 0.320 e. The van der Waals surface area contributed by atoms with E-state index in [9.17, 15) is 9.90 Å². The minimum Gasteiger partial charge on any atom is -0.480 e. The topological polar surface area (TPSA) is 53.4 Å². The minimum absolute atomic E-state index is 0.378. The molecule has 1 aliphatic rings. The van der Waals surface area contributed by atoms with Gasteiger partial charge in [0.2, 0.25) is 0 Å². The van der Waals surface area contributed by atoms with E-state index in [0.29, 0.717) is 23.0 Å². The fraction of sp³-hybridized carbons (Fsp3) is 0.273. The first-order chi connectivity index (χ1) is 13.6. The number of rotatable bonds is 4. The summed E-state index contributed by atoms with van der Waals surface area (Å²) in [7, 11) is 0. The van der Waals surface area contributed by atoms with Crippen LogP contribution in [0.25, 0.3) is 10.9 Å². The fourth-order valence-electron chi connectivity index (χ4n) is 4.00. The molecule has 3 aromatic rings. The third-order valence-electron chi connectivity index (χ3n) is 5.34. The van der Waals surface area contributed by atoms with Gasteiger partial charge in [0.05, 0.1) is 27.3 Å². The minimum atomic E-state index is -0.816. The molecule has 144 valence electrons. The first kappa shape index (κ1) is 19.2. The molecule has 6 heteroatoms. The number of hydrogen-bond acceptors (Lipinski definition) is 3. The lowest BCUT2D eigenvalue weighted by molar-refractivity contribution is -0.145. The number of aliphatic carboxylic acids is 1. The van der Waals surface area contributed by atoms with Crippen molar-refractivity contribution >= 4 is 40.1 Å². The van der Waals surface area contributed by atoms with Crippen LogP contribution in [-0.4, -0.2) is 33.5 Å². The predicted octanol–water partition coefficient (Wildman–Crippen LogP) is 5.57. The van der Waals surface area contributed by atoms with Gasteiger partial charge in [-0.05, 0) is 43.1 Å². The summed E-state index contributed by atoms with van der Waals surface area (Å²) in [5.41, 5.74) is 2.42. The zero-order valence-corrected chi connectivity index (χ0v) is 16.7. The number of benzene rings is 2. The van der Waals surface area contributed by atoms with Crippen molar-refractivity contribution in [2.45, 2.75) is 31.3 Å². The maximum absolute atomic E-state index is 12.0. The van der Waals surface area contributed by atoms with Crippen molar-refractivity contribution in [3.8, 4) is 0 Å². The van der Waals surface area contributed by atoms with Gasteiger partial charge >= 0.3 is 5.97 Å². The van der Waals surface area contributed by atoms with E-state index in [-0.39, 0.29) is 6.04 Å². The second-order valence-electron chi connectivity index (χ2n) is 7.06. The summed E-state index contributed by atoms with van der Waals surface area (Å²) < 4.78 is 0. The number of nitrogens with zero attached hydrogens (tertiary/aromatic N) is 2. The molecule has 1 aromatic heterocycles. The highest BCUT2D eigenvalue weighted by atomic mass is 35.5. The summed E-state index contributed by atoms with van der Waals surface area (Å²) in [4.78, 5) is 18.8. The van der Waals surface area contributed by atoms with E-state index in [0.717, 1.165) is 35.0 Å². The zero-order chi connectivity index (χ0) is 19.7. The van der Waals surface area contributed by atoms with Gasteiger partial charge < -0.3 is 5.11 Å². The predicted molar refractivity (Wildman–Crippen MR) is 112 cm³/mol. The molecule has 28 heavy (non-hydrogen) atoms. The molecular weight excluding hydrogens is 395 g/mol. The molecule has 2 unspecified atom stereocenters. The maximum atomic E-state index is 12.0. The Kier molecular flexibility index (Phi) is 5.54. The third-order valence-corrected chi connectivity index (χ3v) is 6.17. The normalized spacial score (nSPS) is 18.9. The molecule has 1 aliphatic heterocycles. The van der Waals surface area contributed by atoms with Crippen LogP contribution < -0.4 is 0 Å². The van der Waals surface area contributed by atoms with E-state index >= 15 is 0 Å². The summed E-state index contributed by atoms with van der Waals surface area (Å²) >= 11 is 12.9. The van der Waals surface area contributed by atoms with Crippen molar-refractivity contribution in [2.24, 2.45) is 0 Å². The number of carboxylic acid groups (broad SMARTS) is 1. The Hall–Kier alpha value is -2.14. The van der Waals surface area contributed by atoms with Crippen LogP contribution in [0.2, 0.25) is 10.0 Å². The van der Waals surface area contributed by atoms with Crippen molar-refractivity contribution in [1.82, 2.24) is 9.88 Å². The molecule has 1 saturated heterocycles. The van der Waals surface area contributed by atoms with E-state index in [1.807, 2.05) is 53.4 Å². The standard InChI is InChI=1S/C22H20Cl2N2O2/c23-16-8-5-7-15(20(16)24)21(26-13-4-3-10-19(26)22(27)28)18-12-11-14-6-1-2-9-17(14)25-18/h1-2,5-9,11-12,19,21H,3-4,10,13H2,(H,27,28). The van der Waals surface area contributed by atoms with E-state index in [4.69, 9.17) is 28.2 Å². The molecular formula is C22H20Cl2N2O2. The lowest BCUT2D eigenvalue weighted by Gasteiger charge is -2.39. The number of halogens is 2. The molecule has 0 amide bonds. The van der Waals surface area contributed by atoms with Crippen LogP contribution in [0.4, 0.5) is 0 Å². The molecule has 0 radical (unpaired) electrons. The Labute approximate surface area is 173 Å². The Morgan fingerprint density at radius 3 is 2.71 bits per heavy atom. The summed E-state index contributed by atoms with van der Waals surface area (Å²) in [6, 6.07) is 16.4. The number of carbonyl (C=O) groups is 1. The molecule has 0 aliphatic carbocycles. The number of likely N-dealkylation sites (tertiary alicyclic amines) is 1. The molecule has 0 saturated carbocycles. The summed E-state index contributed by atoms with van der Waals surface area (Å²) in [5, 5.41) is 11.8. The van der Waals surface area contributed by atoms with Gasteiger partial charge in [0.25, 0.3) is 0 Å². The van der Waals surface area contributed by atoms with Gasteiger partial charge in [0.1, 0.15) is 6.04 Å². The van der Waals surface area contributed by atoms with Crippen LogP contribution in [0.3, 0.4) is 0 Å². The number of aromatic nitrogens is 1. The third kappa shape index (κ3) is 3.60. The molecule has 2 aromatic carbocycles. The second kappa shape index (κ2) is 8.08. The fourth-order valence-corrected chi connectivity index (χ4v) is 4.41. The first-order valence-corrected chi connectivity index (χ1v) is 10.1. The van der Waals surface area contributed by atoms with Gasteiger partial charge in [-0.3, -0.25) is 14.7 Å². The summed E-state index contributed by atoms with van der Waals surface area (Å²) in [6.45, 7) is 0.666. The van der Waals surface area contributed by atoms with Crippen LogP contribution in [0, 0.1) is 0 Å². The SMILES string of the molecule is O=C(O)C1CCCCN1C(c1ccc2ccccc2n1)c1cccc(Cl)c1Cl. The van der Waals surface area contributed by atoms with Crippen molar-refractivity contribution in [3.05, 3.63) is 75.9 Å². The van der Waals surface area contributed by atoms with Crippen LogP contribution >= 0.6 is 23.2 Å². The quantitative estimate of drug-likeness (QED) is 0.605. The monoisotopic (exact) mass is 414 g/mol. The van der Waals surface area contributed by atoms with Crippen LogP contribution in [0.1, 0.15) is 36.6 Å². The van der Waals surface area contributed by atoms with Crippen molar-refractivity contribution in [3.63, 3.8) is 0 Å². The summed E-state index contributed by atoms with van der Waals surface area (Å²) in [5.74, 6) is -0.816. The Balaban J connectivity index is 1.89. The largest absolute Gasteiger partial charge is 0.480 e. The van der Waals surface area contributed by atoms with Gasteiger partial charge in [0, 0.05) is 5.39 Å². The Bertz CT molecular complexity index is 1020. The number of para-hydroxylation sites is 1. The van der Waals surface area contributed by atoms with Crippen molar-refractivity contribution in [2.75, 3.05) is 6.54 Å². The van der Waals surface area contributed by atoms with E-state index < -0.39 is 12.0 Å². The molecule has 0 spiro atoms. The van der Waals surface area contributed by atoms with Crippen LogP contribution in [0.15, 0.2) is 54.6 Å². The van der Waals surface area contributed by atoms with Crippen molar-refractivity contribution in [1.29, 1.82) is 0 Å². The number of carboxylic acids is 1. The number of fused-ring (bicyclic) bond motifs is 1. The first-order valence-electron chi connectivity index (χ1n) is 9.34. The van der Waals surface area contributed by atoms with Gasteiger partial charge in [-0.25, -0.2) is 0 Å². The van der Waals surface area contributed by atoms with Gasteiger partial charge in [-0.1, -0.05) is 66.0 Å². The highest BCUT2D eigenvalue weighted by Gasteiger charge is 2.36. The molecule has 4 rings (SSSR count). The van der Waals surface area contributed by atoms with E-state index in [1.165, 1.54) is 0 Å². The molecule has 0 bridgehead atoms. The molecule has 2 atom stereocenters. The lowest BCUT2D eigenvalue weighted by Crippen LogP contribution is -2.47. The van der Waals surface area contributed by atoms with E-state index in [1.54, 1.807) is 6.07 Å². The van der Waals surface area contributed by atoms with Crippen LogP contribution in [0.5, 0.6) is 0 Å². The van der Waals surface area contributed by atoms with Crippen LogP contribution in [-0.2, 0) is 4.79 Å². The Morgan fingerprint density at radius 2 is 1.89 bits per heavy atom. The zero-order valence-electron chi connectivity index (χ0n) is 15.2. The molecule has 2 heterocycles. The highest BCUT2D eigenvalue weighted by molar-refractivity contribution is 6.42. The highest BCUT2D eigenvalue weighted by Crippen LogP contribution is 2.39. The van der Waals surface area contributed by atoms with Gasteiger partial charge in [-0.2, -0.15) is 0 Å². The lowest BCUT2D eigenvalue weighted by atomic mass is 9.93. The average molecular weight is 415 g/mol. The Morgan fingerprint density at radius 1 is 1.07 bits per heavy atom. The number of pyridine rings is 1. The molecule has 1 N–H and O–H groups in total. The van der Waals surface area contributed by atoms with Gasteiger partial charge in [-0.15, -0.1) is 0 Å². The average Bonchev–Trinajstić information content (AvgIpc) is 2.71.